The van der Waals surface area contributed by atoms with Crippen molar-refractivity contribution in [2.75, 3.05) is 11.9 Å². The third-order valence-corrected chi connectivity index (χ3v) is 3.21. The van der Waals surface area contributed by atoms with Gasteiger partial charge in [-0.05, 0) is 25.1 Å². The average Bonchev–Trinajstić information content (AvgIpc) is 2.37. The number of sulfonamides is 1. The molecule has 4 N–H and O–H groups in total. The standard InChI is InChI=1S/C11H12N2O7S/c1-2-20-11(17)9(14)13-7-5-6(10(15)16)3-4-8(7)21(12,18)19/h3-5H,2H2,1H3,(H,13,14)(H,15,16)(H2,12,18,19). The summed E-state index contributed by atoms with van der Waals surface area (Å²) >= 11 is 0. The molecule has 0 unspecified atom stereocenters. The first kappa shape index (κ1) is 16.6. The molecule has 0 aromatic heterocycles. The molecule has 0 radical (unpaired) electrons. The number of anilines is 1. The fraction of sp³-hybridized carbons (Fsp3) is 0.182. The fourth-order valence-electron chi connectivity index (χ4n) is 1.38. The minimum atomic E-state index is -4.22. The molecule has 0 aliphatic rings. The number of carbonyl (C=O) groups excluding carboxylic acids is 2. The Kier molecular flexibility index (Phi) is 5.00. The van der Waals surface area contributed by atoms with Crippen molar-refractivity contribution in [2.45, 2.75) is 11.8 Å². The normalized spacial score (nSPS) is 10.8. The maximum Gasteiger partial charge on any atom is 0.397 e. The highest BCUT2D eigenvalue weighted by atomic mass is 32.2. The van der Waals surface area contributed by atoms with Crippen molar-refractivity contribution in [3.8, 4) is 0 Å². The highest BCUT2D eigenvalue weighted by Gasteiger charge is 2.21. The van der Waals surface area contributed by atoms with Gasteiger partial charge in [-0.25, -0.2) is 23.1 Å². The molecule has 9 nitrogen and oxygen atoms in total. The molecule has 0 aliphatic carbocycles. The molecule has 0 bridgehead atoms. The summed E-state index contributed by atoms with van der Waals surface area (Å²) in [6.07, 6.45) is 0. The van der Waals surface area contributed by atoms with Crippen LogP contribution >= 0.6 is 0 Å². The highest BCUT2D eigenvalue weighted by Crippen LogP contribution is 2.22. The second kappa shape index (κ2) is 6.33. The maximum atomic E-state index is 11.5. The number of amides is 1. The van der Waals surface area contributed by atoms with Crippen LogP contribution in [-0.4, -0.2) is 38.0 Å². The predicted octanol–water partition coefficient (Wildman–Crippen LogP) is -0.466. The molecule has 1 amide bonds. The number of rotatable bonds is 4. The van der Waals surface area contributed by atoms with E-state index in [0.29, 0.717) is 0 Å². The molecule has 1 aromatic carbocycles. The Morgan fingerprint density at radius 3 is 2.43 bits per heavy atom. The zero-order chi connectivity index (χ0) is 16.2. The van der Waals surface area contributed by atoms with Crippen LogP contribution in [0.1, 0.15) is 17.3 Å². The molecule has 0 aliphatic heterocycles. The van der Waals surface area contributed by atoms with Crippen LogP contribution < -0.4 is 10.5 Å². The first-order valence-corrected chi connectivity index (χ1v) is 7.09. The van der Waals surface area contributed by atoms with Crippen LogP contribution in [0.15, 0.2) is 23.1 Å². The molecule has 1 aromatic rings. The maximum absolute atomic E-state index is 11.5. The molecular formula is C11H12N2O7S. The van der Waals surface area contributed by atoms with Gasteiger partial charge in [-0.1, -0.05) is 0 Å². The minimum Gasteiger partial charge on any atom is -0.478 e. The summed E-state index contributed by atoms with van der Waals surface area (Å²) in [6.45, 7) is 1.43. The van der Waals surface area contributed by atoms with Crippen LogP contribution in [-0.2, 0) is 24.3 Å². The lowest BCUT2D eigenvalue weighted by Crippen LogP contribution is -2.26. The Bertz CT molecular complexity index is 697. The summed E-state index contributed by atoms with van der Waals surface area (Å²) in [5.41, 5.74) is -0.711. The Morgan fingerprint density at radius 1 is 1.33 bits per heavy atom. The van der Waals surface area contributed by atoms with E-state index < -0.39 is 38.5 Å². The van der Waals surface area contributed by atoms with Gasteiger partial charge < -0.3 is 15.2 Å². The number of carboxylic acid groups (broad SMARTS) is 1. The van der Waals surface area contributed by atoms with Gasteiger partial charge in [-0.15, -0.1) is 0 Å². The number of primary sulfonamides is 1. The van der Waals surface area contributed by atoms with Gasteiger partial charge >= 0.3 is 17.8 Å². The van der Waals surface area contributed by atoms with Gasteiger partial charge in [-0.2, -0.15) is 0 Å². The summed E-state index contributed by atoms with van der Waals surface area (Å²) in [5.74, 6) is -3.83. The van der Waals surface area contributed by atoms with E-state index in [1.807, 2.05) is 5.32 Å². The summed E-state index contributed by atoms with van der Waals surface area (Å²) in [6, 6.07) is 2.79. The second-order valence-corrected chi connectivity index (χ2v) is 5.27. The van der Waals surface area contributed by atoms with Crippen molar-refractivity contribution < 1.29 is 32.6 Å². The van der Waals surface area contributed by atoms with Crippen LogP contribution in [0.25, 0.3) is 0 Å². The van der Waals surface area contributed by atoms with Crippen molar-refractivity contribution in [3.63, 3.8) is 0 Å². The number of hydrogen-bond donors (Lipinski definition) is 3. The topological polar surface area (TPSA) is 153 Å². The number of nitrogens with one attached hydrogen (secondary N) is 1. The van der Waals surface area contributed by atoms with E-state index in [1.54, 1.807) is 0 Å². The first-order chi connectivity index (χ1) is 9.66. The van der Waals surface area contributed by atoms with E-state index in [2.05, 4.69) is 4.74 Å². The zero-order valence-electron chi connectivity index (χ0n) is 10.8. The van der Waals surface area contributed by atoms with E-state index in [-0.39, 0.29) is 12.2 Å². The molecule has 0 saturated carbocycles. The third kappa shape index (κ3) is 4.26. The van der Waals surface area contributed by atoms with Gasteiger partial charge in [0.05, 0.1) is 17.9 Å². The molecule has 21 heavy (non-hydrogen) atoms. The molecule has 1 rings (SSSR count). The molecular weight excluding hydrogens is 304 g/mol. The Labute approximate surface area is 119 Å². The Hall–Kier alpha value is -2.46. The summed E-state index contributed by atoms with van der Waals surface area (Å²) in [4.78, 5) is 33.0. The lowest BCUT2D eigenvalue weighted by molar-refractivity contribution is -0.152. The average molecular weight is 316 g/mol. The lowest BCUT2D eigenvalue weighted by atomic mass is 10.2. The van der Waals surface area contributed by atoms with Crippen molar-refractivity contribution in [1.82, 2.24) is 0 Å². The van der Waals surface area contributed by atoms with Crippen molar-refractivity contribution in [1.29, 1.82) is 0 Å². The van der Waals surface area contributed by atoms with Crippen LogP contribution in [0.4, 0.5) is 5.69 Å². The van der Waals surface area contributed by atoms with E-state index in [0.717, 1.165) is 18.2 Å². The fourth-order valence-corrected chi connectivity index (χ4v) is 2.05. The SMILES string of the molecule is CCOC(=O)C(=O)Nc1cc(C(=O)O)ccc1S(N)(=O)=O. The number of esters is 1. The Balaban J connectivity index is 3.24. The molecule has 10 heteroatoms. The molecule has 0 saturated heterocycles. The van der Waals surface area contributed by atoms with E-state index >= 15 is 0 Å². The summed E-state index contributed by atoms with van der Waals surface area (Å²) in [7, 11) is -4.22. The van der Waals surface area contributed by atoms with Crippen LogP contribution in [0.5, 0.6) is 0 Å². The lowest BCUT2D eigenvalue weighted by Gasteiger charge is -2.10. The van der Waals surface area contributed by atoms with Gasteiger partial charge in [0, 0.05) is 0 Å². The number of aromatic carboxylic acids is 1. The van der Waals surface area contributed by atoms with E-state index in [4.69, 9.17) is 10.2 Å². The van der Waals surface area contributed by atoms with Crippen LogP contribution in [0.3, 0.4) is 0 Å². The number of ether oxygens (including phenoxy) is 1. The Morgan fingerprint density at radius 2 is 1.95 bits per heavy atom. The van der Waals surface area contributed by atoms with Crippen LogP contribution in [0, 0.1) is 0 Å². The molecule has 0 heterocycles. The summed E-state index contributed by atoms with van der Waals surface area (Å²) < 4.78 is 27.2. The third-order valence-electron chi connectivity index (χ3n) is 2.24. The smallest absolute Gasteiger partial charge is 0.397 e. The number of carboxylic acids is 1. The molecule has 0 atom stereocenters. The van der Waals surface area contributed by atoms with Gasteiger partial charge in [0.15, 0.2) is 0 Å². The number of benzene rings is 1. The van der Waals surface area contributed by atoms with Crippen molar-refractivity contribution in [3.05, 3.63) is 23.8 Å². The molecule has 0 fully saturated rings. The van der Waals surface area contributed by atoms with E-state index in [1.165, 1.54) is 6.92 Å². The van der Waals surface area contributed by atoms with Crippen molar-refractivity contribution >= 4 is 33.6 Å². The first-order valence-electron chi connectivity index (χ1n) is 5.55. The van der Waals surface area contributed by atoms with Gasteiger partial charge in [-0.3, -0.25) is 4.79 Å². The zero-order valence-corrected chi connectivity index (χ0v) is 11.6. The summed E-state index contributed by atoms with van der Waals surface area (Å²) in [5, 5.41) is 15.8. The minimum absolute atomic E-state index is 0.0521. The van der Waals surface area contributed by atoms with Gasteiger partial charge in [0.2, 0.25) is 10.0 Å². The second-order valence-electron chi connectivity index (χ2n) is 3.74. The van der Waals surface area contributed by atoms with Crippen LogP contribution in [0.2, 0.25) is 0 Å². The number of hydrogen-bond acceptors (Lipinski definition) is 6. The number of carbonyl (C=O) groups is 3. The van der Waals surface area contributed by atoms with E-state index in [9.17, 15) is 22.8 Å². The molecule has 0 spiro atoms. The highest BCUT2D eigenvalue weighted by molar-refractivity contribution is 7.89. The largest absolute Gasteiger partial charge is 0.478 e. The van der Waals surface area contributed by atoms with Crippen molar-refractivity contribution in [2.24, 2.45) is 5.14 Å². The van der Waals surface area contributed by atoms with Gasteiger partial charge in [0.25, 0.3) is 0 Å². The number of nitrogens with two attached hydrogens (primary N) is 1. The van der Waals surface area contributed by atoms with Gasteiger partial charge in [0.1, 0.15) is 4.90 Å². The monoisotopic (exact) mass is 316 g/mol. The predicted molar refractivity (Wildman–Crippen MR) is 70.0 cm³/mol. The quantitative estimate of drug-likeness (QED) is 0.501. The molecule has 114 valence electrons.